The fraction of sp³-hybridized carbons (Fsp3) is 0.385. The van der Waals surface area contributed by atoms with E-state index >= 15 is 0 Å². The number of rotatable bonds is 3. The van der Waals surface area contributed by atoms with Gasteiger partial charge in [0.1, 0.15) is 5.76 Å². The van der Waals surface area contributed by atoms with Crippen LogP contribution in [-0.4, -0.2) is 49.7 Å². The second kappa shape index (κ2) is 6.71. The van der Waals surface area contributed by atoms with E-state index in [0.29, 0.717) is 23.6 Å². The summed E-state index contributed by atoms with van der Waals surface area (Å²) in [4.78, 5) is 25.2. The molecule has 2 heterocycles. The van der Waals surface area contributed by atoms with E-state index in [1.807, 2.05) is 0 Å². The van der Waals surface area contributed by atoms with Gasteiger partial charge in [0.05, 0.1) is 20.3 Å². The average Bonchev–Trinajstić information content (AvgIpc) is 2.89. The lowest BCUT2D eigenvalue weighted by atomic mass is 10.2. The number of amides is 1. The van der Waals surface area contributed by atoms with Crippen molar-refractivity contribution >= 4 is 33.9 Å². The zero-order valence-electron chi connectivity index (χ0n) is 10.9. The molecule has 0 N–H and O–H groups in total. The van der Waals surface area contributed by atoms with E-state index in [-0.39, 0.29) is 12.5 Å². The van der Waals surface area contributed by atoms with Crippen molar-refractivity contribution in [1.82, 2.24) is 4.90 Å². The normalized spacial score (nSPS) is 19.3. The average molecular weight is 344 g/mol. The van der Waals surface area contributed by atoms with Crippen LogP contribution in [0.3, 0.4) is 0 Å². The fourth-order valence-electron chi connectivity index (χ4n) is 1.87. The van der Waals surface area contributed by atoms with Crippen molar-refractivity contribution in [1.29, 1.82) is 0 Å². The quantitative estimate of drug-likeness (QED) is 0.613. The highest BCUT2D eigenvalue weighted by Crippen LogP contribution is 2.16. The van der Waals surface area contributed by atoms with Crippen molar-refractivity contribution in [2.45, 2.75) is 6.04 Å². The first-order chi connectivity index (χ1) is 9.61. The summed E-state index contributed by atoms with van der Waals surface area (Å²) in [6, 6.07) is 2.76. The van der Waals surface area contributed by atoms with Crippen LogP contribution in [-0.2, 0) is 19.1 Å². The van der Waals surface area contributed by atoms with Crippen molar-refractivity contribution in [2.24, 2.45) is 0 Å². The van der Waals surface area contributed by atoms with Crippen LogP contribution in [0.4, 0.5) is 0 Å². The first-order valence-electron chi connectivity index (χ1n) is 6.01. The molecule has 1 fully saturated rings. The van der Waals surface area contributed by atoms with Gasteiger partial charge in [0.15, 0.2) is 10.7 Å². The lowest BCUT2D eigenvalue weighted by Crippen LogP contribution is -2.52. The summed E-state index contributed by atoms with van der Waals surface area (Å²) < 4.78 is 15.7. The Bertz CT molecular complexity index is 525. The molecule has 1 atom stereocenters. The third-order valence-electron chi connectivity index (χ3n) is 2.87. The summed E-state index contributed by atoms with van der Waals surface area (Å²) in [7, 11) is 1.29. The third kappa shape index (κ3) is 3.49. The molecule has 2 rings (SSSR count). The summed E-state index contributed by atoms with van der Waals surface area (Å²) in [6.07, 6.45) is 2.92. The van der Waals surface area contributed by atoms with Crippen molar-refractivity contribution < 1.29 is 23.5 Å². The number of esters is 1. The molecule has 6 nitrogen and oxygen atoms in total. The highest BCUT2D eigenvalue weighted by molar-refractivity contribution is 9.10. The highest BCUT2D eigenvalue weighted by Gasteiger charge is 2.32. The van der Waals surface area contributed by atoms with Gasteiger partial charge in [-0.2, -0.15) is 0 Å². The Balaban J connectivity index is 2.06. The standard InChI is InChI=1S/C13H14BrNO5/c1-18-13(17)10-8-19-7-6-15(10)12(16)5-3-9-2-4-11(14)20-9/h2-5,10H,6-8H2,1H3/b5-3+. The van der Waals surface area contributed by atoms with Crippen LogP contribution in [0.25, 0.3) is 6.08 Å². The number of furan rings is 1. The van der Waals surface area contributed by atoms with Crippen LogP contribution in [0, 0.1) is 0 Å². The number of hydrogen-bond donors (Lipinski definition) is 0. The number of methoxy groups -OCH3 is 1. The minimum atomic E-state index is -0.700. The number of carbonyl (C=O) groups excluding carboxylic acids is 2. The highest BCUT2D eigenvalue weighted by atomic mass is 79.9. The van der Waals surface area contributed by atoms with E-state index in [1.165, 1.54) is 18.1 Å². The fourth-order valence-corrected chi connectivity index (χ4v) is 2.18. The van der Waals surface area contributed by atoms with Gasteiger partial charge < -0.3 is 18.8 Å². The number of hydrogen-bond acceptors (Lipinski definition) is 5. The zero-order valence-corrected chi connectivity index (χ0v) is 12.5. The van der Waals surface area contributed by atoms with Gasteiger partial charge in [-0.3, -0.25) is 4.79 Å². The first kappa shape index (κ1) is 14.8. The van der Waals surface area contributed by atoms with Crippen molar-refractivity contribution in [3.05, 3.63) is 28.6 Å². The molecular weight excluding hydrogens is 330 g/mol. The molecular formula is C13H14BrNO5. The molecule has 108 valence electrons. The lowest BCUT2D eigenvalue weighted by molar-refractivity contribution is -0.158. The Hall–Kier alpha value is -1.60. The summed E-state index contributed by atoms with van der Waals surface area (Å²) in [5.74, 6) is -0.212. The SMILES string of the molecule is COC(=O)C1COCCN1C(=O)/C=C/c1ccc(Br)o1. The Morgan fingerprint density at radius 3 is 2.95 bits per heavy atom. The molecule has 1 aliphatic heterocycles. The minimum absolute atomic E-state index is 0.151. The summed E-state index contributed by atoms with van der Waals surface area (Å²) in [5.41, 5.74) is 0. The molecule has 1 aliphatic rings. The maximum Gasteiger partial charge on any atom is 0.331 e. The first-order valence-corrected chi connectivity index (χ1v) is 6.80. The number of morpholine rings is 1. The Morgan fingerprint density at radius 2 is 2.30 bits per heavy atom. The topological polar surface area (TPSA) is 69.0 Å². The summed E-state index contributed by atoms with van der Waals surface area (Å²) in [5, 5.41) is 0. The molecule has 7 heteroatoms. The molecule has 1 unspecified atom stereocenters. The van der Waals surface area contributed by atoms with E-state index in [2.05, 4.69) is 20.7 Å². The lowest BCUT2D eigenvalue weighted by Gasteiger charge is -2.32. The van der Waals surface area contributed by atoms with Crippen molar-refractivity contribution in [2.75, 3.05) is 26.9 Å². The van der Waals surface area contributed by atoms with Crippen LogP contribution in [0.2, 0.25) is 0 Å². The second-order valence-electron chi connectivity index (χ2n) is 4.12. The van der Waals surface area contributed by atoms with E-state index < -0.39 is 12.0 Å². The molecule has 1 aromatic rings. The van der Waals surface area contributed by atoms with Crippen LogP contribution >= 0.6 is 15.9 Å². The van der Waals surface area contributed by atoms with Crippen molar-refractivity contribution in [3.8, 4) is 0 Å². The summed E-state index contributed by atoms with van der Waals surface area (Å²) >= 11 is 3.18. The van der Waals surface area contributed by atoms with Gasteiger partial charge in [0, 0.05) is 12.6 Å². The molecule has 1 amide bonds. The maximum atomic E-state index is 12.1. The van der Waals surface area contributed by atoms with Gasteiger partial charge in [-0.1, -0.05) is 0 Å². The van der Waals surface area contributed by atoms with Gasteiger partial charge in [-0.25, -0.2) is 4.79 Å². The summed E-state index contributed by atoms with van der Waals surface area (Å²) in [6.45, 7) is 0.905. The smallest absolute Gasteiger partial charge is 0.331 e. The molecule has 0 aromatic carbocycles. The Morgan fingerprint density at radius 1 is 1.50 bits per heavy atom. The second-order valence-corrected chi connectivity index (χ2v) is 4.90. The van der Waals surface area contributed by atoms with E-state index in [9.17, 15) is 9.59 Å². The van der Waals surface area contributed by atoms with Crippen LogP contribution < -0.4 is 0 Å². The molecule has 1 saturated heterocycles. The predicted octanol–water partition coefficient (Wildman–Crippen LogP) is 1.46. The van der Waals surface area contributed by atoms with E-state index in [4.69, 9.17) is 9.15 Å². The number of carbonyl (C=O) groups is 2. The number of nitrogens with zero attached hydrogens (tertiary/aromatic N) is 1. The monoisotopic (exact) mass is 343 g/mol. The Labute approximate surface area is 124 Å². The molecule has 20 heavy (non-hydrogen) atoms. The molecule has 0 saturated carbocycles. The Kier molecular flexibility index (Phi) is 4.97. The molecule has 0 spiro atoms. The molecule has 0 aliphatic carbocycles. The number of ether oxygens (including phenoxy) is 2. The molecule has 1 aromatic heterocycles. The van der Waals surface area contributed by atoms with Gasteiger partial charge >= 0.3 is 5.97 Å². The van der Waals surface area contributed by atoms with Crippen molar-refractivity contribution in [3.63, 3.8) is 0 Å². The minimum Gasteiger partial charge on any atom is -0.467 e. The van der Waals surface area contributed by atoms with E-state index in [0.717, 1.165) is 0 Å². The largest absolute Gasteiger partial charge is 0.467 e. The van der Waals surface area contributed by atoms with E-state index in [1.54, 1.807) is 18.2 Å². The van der Waals surface area contributed by atoms with Crippen LogP contribution in [0.15, 0.2) is 27.3 Å². The third-order valence-corrected chi connectivity index (χ3v) is 3.30. The predicted molar refractivity (Wildman–Crippen MR) is 73.8 cm³/mol. The number of halogens is 1. The molecule has 0 bridgehead atoms. The van der Waals surface area contributed by atoms with Gasteiger partial charge in [-0.15, -0.1) is 0 Å². The van der Waals surface area contributed by atoms with Gasteiger partial charge in [0.25, 0.3) is 0 Å². The zero-order chi connectivity index (χ0) is 14.5. The van der Waals surface area contributed by atoms with Crippen LogP contribution in [0.5, 0.6) is 0 Å². The van der Waals surface area contributed by atoms with Gasteiger partial charge in [0.2, 0.25) is 5.91 Å². The maximum absolute atomic E-state index is 12.1. The van der Waals surface area contributed by atoms with Gasteiger partial charge in [-0.05, 0) is 34.1 Å². The molecule has 0 radical (unpaired) electrons. The van der Waals surface area contributed by atoms with Crippen LogP contribution in [0.1, 0.15) is 5.76 Å².